The van der Waals surface area contributed by atoms with Crippen LogP contribution >= 0.6 is 0 Å². The smallest absolute Gasteiger partial charge is 0.0991 e. The first-order valence-electron chi connectivity index (χ1n) is 17.7. The Morgan fingerprint density at radius 2 is 0.673 bits per heavy atom. The Labute approximate surface area is 317 Å². The molecular weight excluding hydrogens is 671 g/mol. The molecule has 252 valence electrons. The standard InChI is InChI=1S/C50H27N5/c51-28-32-8-16-37(17-9-32)42-24-46-47-25-43(38-18-10-33(29-52)11-19-38)45(40-22-14-35(31-54)15-23-40)27-50(47)55(48-7-3-5-36-4-1-2-6-41(36)48)49(46)26-44(42)39-20-12-34(30-53)13-21-39/h1-27H. The molecule has 0 N–H and O–H groups in total. The largest absolute Gasteiger partial charge is 0.309 e. The molecule has 0 amide bonds. The summed E-state index contributed by atoms with van der Waals surface area (Å²) in [5.74, 6) is 0. The lowest BCUT2D eigenvalue weighted by Crippen LogP contribution is -1.97. The molecule has 0 atom stereocenters. The average molecular weight is 698 g/mol. The highest BCUT2D eigenvalue weighted by molar-refractivity contribution is 6.16. The van der Waals surface area contributed by atoms with Crippen LogP contribution in [0, 0.1) is 45.3 Å². The fourth-order valence-corrected chi connectivity index (χ4v) is 7.62. The fraction of sp³-hybridized carbons (Fsp3) is 0. The molecule has 0 aliphatic heterocycles. The van der Waals surface area contributed by atoms with Crippen molar-refractivity contribution in [3.63, 3.8) is 0 Å². The molecule has 0 bridgehead atoms. The Bertz CT molecular complexity index is 2960. The minimum atomic E-state index is 0.583. The van der Waals surface area contributed by atoms with Crippen molar-refractivity contribution >= 4 is 32.6 Å². The molecule has 0 aliphatic rings. The molecule has 0 fully saturated rings. The molecule has 9 rings (SSSR count). The van der Waals surface area contributed by atoms with Crippen LogP contribution in [0.4, 0.5) is 0 Å². The highest BCUT2D eigenvalue weighted by atomic mass is 15.0. The van der Waals surface area contributed by atoms with Crippen LogP contribution in [-0.2, 0) is 0 Å². The van der Waals surface area contributed by atoms with Crippen LogP contribution in [-0.4, -0.2) is 4.57 Å². The molecule has 0 spiro atoms. The summed E-state index contributed by atoms with van der Waals surface area (Å²) in [6.45, 7) is 0. The van der Waals surface area contributed by atoms with E-state index in [4.69, 9.17) is 0 Å². The molecule has 0 saturated carbocycles. The normalized spacial score (nSPS) is 10.8. The lowest BCUT2D eigenvalue weighted by molar-refractivity contribution is 1.20. The number of benzene rings is 8. The van der Waals surface area contributed by atoms with Crippen molar-refractivity contribution in [3.05, 3.63) is 186 Å². The Hall–Kier alpha value is -8.22. The summed E-state index contributed by atoms with van der Waals surface area (Å²) >= 11 is 0. The van der Waals surface area contributed by atoms with Crippen LogP contribution in [0.15, 0.2) is 164 Å². The van der Waals surface area contributed by atoms with E-state index in [0.29, 0.717) is 22.3 Å². The lowest BCUT2D eigenvalue weighted by Gasteiger charge is -2.16. The SMILES string of the molecule is N#Cc1ccc(-c2cc3c4cc(-c5ccc(C#N)cc5)c(-c5ccc(C#N)cc5)cc4n(-c4cccc5ccccc45)c3cc2-c2ccc(C#N)cc2)cc1. The van der Waals surface area contributed by atoms with Crippen LogP contribution in [0.25, 0.3) is 82.8 Å². The monoisotopic (exact) mass is 697 g/mol. The average Bonchev–Trinajstić information content (AvgIpc) is 3.57. The van der Waals surface area contributed by atoms with E-state index in [1.54, 1.807) is 0 Å². The van der Waals surface area contributed by atoms with Crippen molar-refractivity contribution in [2.75, 3.05) is 0 Å². The Morgan fingerprint density at radius 1 is 0.327 bits per heavy atom. The zero-order chi connectivity index (χ0) is 37.5. The van der Waals surface area contributed by atoms with Crippen LogP contribution in [0.1, 0.15) is 22.3 Å². The molecule has 5 heteroatoms. The number of aromatic nitrogens is 1. The first kappa shape index (κ1) is 32.7. The lowest BCUT2D eigenvalue weighted by atomic mass is 9.90. The highest BCUT2D eigenvalue weighted by Gasteiger charge is 2.21. The molecule has 9 aromatic rings. The minimum absolute atomic E-state index is 0.583. The van der Waals surface area contributed by atoms with Gasteiger partial charge < -0.3 is 4.57 Å². The molecule has 0 radical (unpaired) electrons. The van der Waals surface area contributed by atoms with Gasteiger partial charge in [-0.25, -0.2) is 0 Å². The maximum absolute atomic E-state index is 9.61. The van der Waals surface area contributed by atoms with E-state index in [-0.39, 0.29) is 0 Å². The summed E-state index contributed by atoms with van der Waals surface area (Å²) < 4.78 is 2.35. The number of hydrogen-bond donors (Lipinski definition) is 0. The molecule has 1 aromatic heterocycles. The second-order valence-electron chi connectivity index (χ2n) is 13.4. The van der Waals surface area contributed by atoms with E-state index in [9.17, 15) is 21.0 Å². The minimum Gasteiger partial charge on any atom is -0.309 e. The van der Waals surface area contributed by atoms with E-state index in [0.717, 1.165) is 82.8 Å². The van der Waals surface area contributed by atoms with E-state index >= 15 is 0 Å². The van der Waals surface area contributed by atoms with Crippen LogP contribution < -0.4 is 0 Å². The predicted octanol–water partition coefficient (Wildman–Crippen LogP) is 12.1. The van der Waals surface area contributed by atoms with Gasteiger partial charge >= 0.3 is 0 Å². The van der Waals surface area contributed by atoms with Gasteiger partial charge in [-0.05, 0) is 129 Å². The summed E-state index contributed by atoms with van der Waals surface area (Å²) in [4.78, 5) is 0. The Morgan fingerprint density at radius 3 is 1.05 bits per heavy atom. The van der Waals surface area contributed by atoms with Gasteiger partial charge in [-0.15, -0.1) is 0 Å². The molecular formula is C50H27N5. The number of hydrogen-bond acceptors (Lipinski definition) is 4. The van der Waals surface area contributed by atoms with E-state index in [1.165, 1.54) is 0 Å². The summed E-state index contributed by atoms with van der Waals surface area (Å²) in [5, 5.41) is 42.7. The van der Waals surface area contributed by atoms with Crippen LogP contribution in [0.5, 0.6) is 0 Å². The number of fused-ring (bicyclic) bond motifs is 4. The quantitative estimate of drug-likeness (QED) is 0.179. The number of rotatable bonds is 5. The van der Waals surface area contributed by atoms with Gasteiger partial charge in [0.15, 0.2) is 0 Å². The molecule has 0 aliphatic carbocycles. The first-order chi connectivity index (χ1) is 27.1. The van der Waals surface area contributed by atoms with E-state index in [2.05, 4.69) is 95.6 Å². The van der Waals surface area contributed by atoms with Crippen molar-refractivity contribution < 1.29 is 0 Å². The zero-order valence-electron chi connectivity index (χ0n) is 29.3. The van der Waals surface area contributed by atoms with Crippen molar-refractivity contribution in [1.29, 1.82) is 21.0 Å². The number of nitriles is 4. The van der Waals surface area contributed by atoms with Crippen molar-refractivity contribution in [1.82, 2.24) is 4.57 Å². The summed E-state index contributed by atoms with van der Waals surface area (Å²) in [5.41, 5.74) is 13.2. The summed E-state index contributed by atoms with van der Waals surface area (Å²) in [7, 11) is 0. The maximum atomic E-state index is 9.61. The topological polar surface area (TPSA) is 100 Å². The predicted molar refractivity (Wildman–Crippen MR) is 219 cm³/mol. The zero-order valence-corrected chi connectivity index (χ0v) is 29.3. The molecule has 5 nitrogen and oxygen atoms in total. The van der Waals surface area contributed by atoms with Gasteiger partial charge in [0.25, 0.3) is 0 Å². The third-order valence-electron chi connectivity index (χ3n) is 10.4. The molecule has 0 saturated heterocycles. The Balaban J connectivity index is 1.45. The van der Waals surface area contributed by atoms with Gasteiger partial charge in [-0.3, -0.25) is 0 Å². The highest BCUT2D eigenvalue weighted by Crippen LogP contribution is 2.45. The van der Waals surface area contributed by atoms with Gasteiger partial charge in [-0.2, -0.15) is 21.0 Å². The van der Waals surface area contributed by atoms with Crippen molar-refractivity contribution in [2.24, 2.45) is 0 Å². The van der Waals surface area contributed by atoms with E-state index < -0.39 is 0 Å². The van der Waals surface area contributed by atoms with Gasteiger partial charge in [0, 0.05) is 16.2 Å². The van der Waals surface area contributed by atoms with Crippen LogP contribution in [0.3, 0.4) is 0 Å². The first-order valence-corrected chi connectivity index (χ1v) is 17.7. The molecule has 0 unspecified atom stereocenters. The third kappa shape index (κ3) is 5.64. The Kier molecular flexibility index (Phi) is 7.96. The van der Waals surface area contributed by atoms with Gasteiger partial charge in [0.05, 0.1) is 63.3 Å². The molecule has 55 heavy (non-hydrogen) atoms. The second kappa shape index (κ2) is 13.4. The van der Waals surface area contributed by atoms with Gasteiger partial charge in [0.1, 0.15) is 0 Å². The summed E-state index contributed by atoms with van der Waals surface area (Å²) in [6.07, 6.45) is 0. The van der Waals surface area contributed by atoms with E-state index in [1.807, 2.05) is 97.1 Å². The van der Waals surface area contributed by atoms with Gasteiger partial charge in [-0.1, -0.05) is 84.9 Å². The summed E-state index contributed by atoms with van der Waals surface area (Å²) in [6, 6.07) is 63.4. The fourth-order valence-electron chi connectivity index (χ4n) is 7.62. The molecule has 8 aromatic carbocycles. The van der Waals surface area contributed by atoms with Gasteiger partial charge in [0.2, 0.25) is 0 Å². The van der Waals surface area contributed by atoms with Crippen molar-refractivity contribution in [3.8, 4) is 74.5 Å². The maximum Gasteiger partial charge on any atom is 0.0991 e. The molecule has 1 heterocycles. The number of nitrogens with zero attached hydrogens (tertiary/aromatic N) is 5. The van der Waals surface area contributed by atoms with Crippen molar-refractivity contribution in [2.45, 2.75) is 0 Å². The third-order valence-corrected chi connectivity index (χ3v) is 10.4. The second-order valence-corrected chi connectivity index (χ2v) is 13.4. The van der Waals surface area contributed by atoms with Crippen LogP contribution in [0.2, 0.25) is 0 Å².